The summed E-state index contributed by atoms with van der Waals surface area (Å²) in [6, 6.07) is 9.56. The van der Waals surface area contributed by atoms with Crippen molar-refractivity contribution in [2.75, 3.05) is 0 Å². The summed E-state index contributed by atoms with van der Waals surface area (Å²) in [5.41, 5.74) is 1.40. The Morgan fingerprint density at radius 2 is 1.83 bits per heavy atom. The van der Waals surface area contributed by atoms with E-state index in [0.29, 0.717) is 18.0 Å². The molecule has 2 rings (SSSR count). The molecule has 2 nitrogen and oxygen atoms in total. The van der Waals surface area contributed by atoms with Crippen LogP contribution in [0.3, 0.4) is 0 Å². The zero-order valence-electron chi connectivity index (χ0n) is 11.6. The van der Waals surface area contributed by atoms with E-state index in [2.05, 4.69) is 62.3 Å². The molecule has 0 saturated heterocycles. The van der Waals surface area contributed by atoms with Gasteiger partial charge >= 0.3 is 0 Å². The van der Waals surface area contributed by atoms with Gasteiger partial charge in [-0.2, -0.15) is 0 Å². The lowest BCUT2D eigenvalue weighted by Crippen LogP contribution is -2.36. The van der Waals surface area contributed by atoms with Gasteiger partial charge in [-0.3, -0.25) is 4.98 Å². The largest absolute Gasteiger partial charge is 0.311 e. The fourth-order valence-corrected chi connectivity index (χ4v) is 2.48. The van der Waals surface area contributed by atoms with Crippen LogP contribution >= 0.6 is 0 Å². The molecule has 0 bridgehead atoms. The first-order chi connectivity index (χ1) is 8.59. The van der Waals surface area contributed by atoms with E-state index in [1.807, 2.05) is 12.4 Å². The number of hydrogen-bond donors (Lipinski definition) is 1. The monoisotopic (exact) mass is 242 g/mol. The first-order valence-corrected chi connectivity index (χ1v) is 6.68. The predicted octanol–water partition coefficient (Wildman–Crippen LogP) is 3.72. The third-order valence-corrected chi connectivity index (χ3v) is 3.55. The molecule has 0 aliphatic rings. The zero-order chi connectivity index (χ0) is 13.1. The van der Waals surface area contributed by atoms with Crippen molar-refractivity contribution in [1.82, 2.24) is 10.3 Å². The van der Waals surface area contributed by atoms with Crippen molar-refractivity contribution < 1.29 is 0 Å². The van der Waals surface area contributed by atoms with Crippen molar-refractivity contribution in [3.05, 3.63) is 42.2 Å². The Balaban J connectivity index is 2.35. The minimum Gasteiger partial charge on any atom is -0.311 e. The maximum atomic E-state index is 4.19. The lowest BCUT2D eigenvalue weighted by atomic mass is 9.90. The van der Waals surface area contributed by atoms with E-state index in [1.165, 1.54) is 16.3 Å². The predicted molar refractivity (Wildman–Crippen MR) is 77.9 cm³/mol. The molecule has 2 aromatic rings. The molecule has 2 atom stereocenters. The lowest BCUT2D eigenvalue weighted by Gasteiger charge is -2.25. The van der Waals surface area contributed by atoms with Crippen molar-refractivity contribution in [3.63, 3.8) is 0 Å². The summed E-state index contributed by atoms with van der Waals surface area (Å²) in [6.07, 6.45) is 3.81. The Hall–Kier alpha value is -1.41. The fourth-order valence-electron chi connectivity index (χ4n) is 2.48. The van der Waals surface area contributed by atoms with Crippen molar-refractivity contribution in [3.8, 4) is 0 Å². The number of nitrogens with one attached hydrogen (secondary N) is 1. The standard InChI is InChI=1S/C16H22N2/c1-11(2)18-13(4)12(3)15-7-5-6-14-10-17-9-8-16(14)15/h5-13,18H,1-4H3. The van der Waals surface area contributed by atoms with Crippen LogP contribution in [0.4, 0.5) is 0 Å². The normalized spacial score (nSPS) is 14.9. The molecule has 1 heterocycles. The minimum atomic E-state index is 0.462. The maximum absolute atomic E-state index is 4.19. The molecule has 1 N–H and O–H groups in total. The van der Waals surface area contributed by atoms with Gasteiger partial charge in [-0.05, 0) is 29.9 Å². The fraction of sp³-hybridized carbons (Fsp3) is 0.438. The Morgan fingerprint density at radius 3 is 2.56 bits per heavy atom. The Labute approximate surface area is 109 Å². The van der Waals surface area contributed by atoms with Gasteiger partial charge in [0.05, 0.1) is 0 Å². The molecule has 0 fully saturated rings. The van der Waals surface area contributed by atoms with Gasteiger partial charge in [0, 0.05) is 29.9 Å². The quantitative estimate of drug-likeness (QED) is 0.883. The summed E-state index contributed by atoms with van der Waals surface area (Å²) in [4.78, 5) is 4.19. The highest BCUT2D eigenvalue weighted by molar-refractivity contribution is 5.85. The van der Waals surface area contributed by atoms with Crippen LogP contribution in [0.1, 0.15) is 39.2 Å². The lowest BCUT2D eigenvalue weighted by molar-refractivity contribution is 0.441. The van der Waals surface area contributed by atoms with Crippen LogP contribution in [0.25, 0.3) is 10.8 Å². The van der Waals surface area contributed by atoms with Gasteiger partial charge in [0.1, 0.15) is 0 Å². The van der Waals surface area contributed by atoms with Crippen molar-refractivity contribution >= 4 is 10.8 Å². The number of aromatic nitrogens is 1. The van der Waals surface area contributed by atoms with Gasteiger partial charge in [0.15, 0.2) is 0 Å². The summed E-state index contributed by atoms with van der Waals surface area (Å²) in [6.45, 7) is 8.92. The maximum Gasteiger partial charge on any atom is 0.0346 e. The summed E-state index contributed by atoms with van der Waals surface area (Å²) in [5, 5.41) is 6.13. The molecule has 0 saturated carbocycles. The molecule has 0 radical (unpaired) electrons. The second-order valence-electron chi connectivity index (χ2n) is 5.34. The van der Waals surface area contributed by atoms with Crippen LogP contribution < -0.4 is 5.32 Å². The number of pyridine rings is 1. The van der Waals surface area contributed by atoms with Crippen molar-refractivity contribution in [2.45, 2.75) is 45.7 Å². The molecule has 2 unspecified atom stereocenters. The van der Waals surface area contributed by atoms with Crippen LogP contribution in [0, 0.1) is 0 Å². The highest BCUT2D eigenvalue weighted by Crippen LogP contribution is 2.27. The third-order valence-electron chi connectivity index (χ3n) is 3.55. The molecule has 1 aromatic carbocycles. The average molecular weight is 242 g/mol. The van der Waals surface area contributed by atoms with Gasteiger partial charge in [-0.1, -0.05) is 39.0 Å². The molecule has 96 valence electrons. The van der Waals surface area contributed by atoms with Crippen LogP contribution in [0.5, 0.6) is 0 Å². The van der Waals surface area contributed by atoms with E-state index in [1.54, 1.807) is 0 Å². The average Bonchev–Trinajstić information content (AvgIpc) is 2.36. The second kappa shape index (κ2) is 5.49. The van der Waals surface area contributed by atoms with Crippen molar-refractivity contribution in [1.29, 1.82) is 0 Å². The summed E-state index contributed by atoms with van der Waals surface area (Å²) < 4.78 is 0. The van der Waals surface area contributed by atoms with Crippen LogP contribution in [-0.4, -0.2) is 17.1 Å². The van der Waals surface area contributed by atoms with E-state index in [-0.39, 0.29) is 0 Å². The molecular weight excluding hydrogens is 220 g/mol. The van der Waals surface area contributed by atoms with E-state index >= 15 is 0 Å². The molecule has 2 heteroatoms. The highest BCUT2D eigenvalue weighted by atomic mass is 14.9. The number of hydrogen-bond acceptors (Lipinski definition) is 2. The van der Waals surface area contributed by atoms with Crippen LogP contribution in [0.2, 0.25) is 0 Å². The molecular formula is C16H22N2. The SMILES string of the molecule is CC(C)NC(C)C(C)c1cccc2cnccc12. The van der Waals surface area contributed by atoms with E-state index < -0.39 is 0 Å². The number of rotatable bonds is 4. The molecule has 1 aromatic heterocycles. The zero-order valence-corrected chi connectivity index (χ0v) is 11.6. The Kier molecular flexibility index (Phi) is 3.97. The molecule has 0 amide bonds. The van der Waals surface area contributed by atoms with Crippen LogP contribution in [-0.2, 0) is 0 Å². The second-order valence-corrected chi connectivity index (χ2v) is 5.34. The van der Waals surface area contributed by atoms with Gasteiger partial charge in [0.25, 0.3) is 0 Å². The summed E-state index contributed by atoms with van der Waals surface area (Å²) in [5.74, 6) is 0.485. The number of benzene rings is 1. The van der Waals surface area contributed by atoms with Gasteiger partial charge in [0.2, 0.25) is 0 Å². The Bertz CT molecular complexity index is 514. The Morgan fingerprint density at radius 1 is 1.06 bits per heavy atom. The summed E-state index contributed by atoms with van der Waals surface area (Å²) in [7, 11) is 0. The van der Waals surface area contributed by atoms with Gasteiger partial charge in [-0.25, -0.2) is 0 Å². The molecule has 0 aliphatic heterocycles. The molecule has 0 aliphatic carbocycles. The van der Waals surface area contributed by atoms with Gasteiger partial charge in [-0.15, -0.1) is 0 Å². The van der Waals surface area contributed by atoms with Crippen molar-refractivity contribution in [2.24, 2.45) is 0 Å². The van der Waals surface area contributed by atoms with E-state index in [0.717, 1.165) is 0 Å². The van der Waals surface area contributed by atoms with Crippen LogP contribution in [0.15, 0.2) is 36.7 Å². The topological polar surface area (TPSA) is 24.9 Å². The molecule has 0 spiro atoms. The summed E-state index contributed by atoms with van der Waals surface area (Å²) >= 11 is 0. The highest BCUT2D eigenvalue weighted by Gasteiger charge is 2.16. The van der Waals surface area contributed by atoms with Gasteiger partial charge < -0.3 is 5.32 Å². The third kappa shape index (κ3) is 2.70. The molecule has 18 heavy (non-hydrogen) atoms. The minimum absolute atomic E-state index is 0.462. The van der Waals surface area contributed by atoms with E-state index in [4.69, 9.17) is 0 Å². The first kappa shape index (κ1) is 13.0. The smallest absolute Gasteiger partial charge is 0.0346 e. The first-order valence-electron chi connectivity index (χ1n) is 6.68. The number of fused-ring (bicyclic) bond motifs is 1. The number of nitrogens with zero attached hydrogens (tertiary/aromatic N) is 1. The van der Waals surface area contributed by atoms with E-state index in [9.17, 15) is 0 Å².